The molecule has 0 aromatic rings. The summed E-state index contributed by atoms with van der Waals surface area (Å²) < 4.78 is 0. The molecule has 0 bridgehead atoms. The predicted molar refractivity (Wildman–Crippen MR) is 53.4 cm³/mol. The quantitative estimate of drug-likeness (QED) is 0.614. The molecule has 0 radical (unpaired) electrons. The summed E-state index contributed by atoms with van der Waals surface area (Å²) >= 11 is 0. The molecule has 2 N–H and O–H groups in total. The van der Waals surface area contributed by atoms with Gasteiger partial charge in [-0.1, -0.05) is 6.08 Å². The second-order valence-electron chi connectivity index (χ2n) is 3.49. The van der Waals surface area contributed by atoms with E-state index < -0.39 is 0 Å². The summed E-state index contributed by atoms with van der Waals surface area (Å²) in [6.07, 6.45) is 4.41. The SMILES string of the molecule is C=CCC(=O)NCCC1CCNC1. The Morgan fingerprint density at radius 3 is 3.15 bits per heavy atom. The van der Waals surface area contributed by atoms with Crippen LogP contribution in [0.15, 0.2) is 12.7 Å². The predicted octanol–water partition coefficient (Wildman–Crippen LogP) is 0.678. The van der Waals surface area contributed by atoms with Crippen molar-refractivity contribution in [3.63, 3.8) is 0 Å². The number of hydrogen-bond donors (Lipinski definition) is 2. The van der Waals surface area contributed by atoms with Crippen LogP contribution < -0.4 is 10.6 Å². The fourth-order valence-electron chi connectivity index (χ4n) is 1.58. The first kappa shape index (κ1) is 10.3. The lowest BCUT2D eigenvalue weighted by Crippen LogP contribution is -2.25. The Balaban J connectivity index is 1.99. The Kier molecular flexibility index (Phi) is 4.54. The normalized spacial score (nSPS) is 21.4. The molecule has 0 aromatic heterocycles. The highest BCUT2D eigenvalue weighted by Gasteiger charge is 2.13. The van der Waals surface area contributed by atoms with Crippen molar-refractivity contribution < 1.29 is 4.79 Å². The van der Waals surface area contributed by atoms with Gasteiger partial charge in [-0.05, 0) is 31.8 Å². The molecule has 1 fully saturated rings. The minimum absolute atomic E-state index is 0.0842. The highest BCUT2D eigenvalue weighted by molar-refractivity contribution is 5.77. The van der Waals surface area contributed by atoms with Crippen molar-refractivity contribution in [2.45, 2.75) is 19.3 Å². The molecule has 0 aromatic carbocycles. The zero-order valence-corrected chi connectivity index (χ0v) is 8.01. The molecular formula is C10H18N2O. The third-order valence-corrected chi connectivity index (χ3v) is 2.37. The lowest BCUT2D eigenvalue weighted by atomic mass is 10.1. The summed E-state index contributed by atoms with van der Waals surface area (Å²) in [6.45, 7) is 6.56. The third kappa shape index (κ3) is 4.08. The van der Waals surface area contributed by atoms with Gasteiger partial charge in [0.25, 0.3) is 0 Å². The van der Waals surface area contributed by atoms with E-state index >= 15 is 0 Å². The van der Waals surface area contributed by atoms with Crippen molar-refractivity contribution in [1.29, 1.82) is 0 Å². The first-order valence-corrected chi connectivity index (χ1v) is 4.91. The van der Waals surface area contributed by atoms with Crippen LogP contribution in [0.4, 0.5) is 0 Å². The third-order valence-electron chi connectivity index (χ3n) is 2.37. The van der Waals surface area contributed by atoms with Gasteiger partial charge in [-0.25, -0.2) is 0 Å². The number of amides is 1. The van der Waals surface area contributed by atoms with Crippen LogP contribution in [0.2, 0.25) is 0 Å². The molecule has 1 heterocycles. The van der Waals surface area contributed by atoms with E-state index in [9.17, 15) is 4.79 Å². The summed E-state index contributed by atoms with van der Waals surface area (Å²) in [6, 6.07) is 0. The van der Waals surface area contributed by atoms with E-state index in [1.165, 1.54) is 6.42 Å². The van der Waals surface area contributed by atoms with E-state index in [0.29, 0.717) is 6.42 Å². The number of hydrogen-bond acceptors (Lipinski definition) is 2. The Morgan fingerprint density at radius 1 is 1.69 bits per heavy atom. The Bertz CT molecular complexity index is 174. The van der Waals surface area contributed by atoms with Gasteiger partial charge in [-0.2, -0.15) is 0 Å². The molecule has 1 saturated heterocycles. The largest absolute Gasteiger partial charge is 0.356 e. The fraction of sp³-hybridized carbons (Fsp3) is 0.700. The minimum atomic E-state index is 0.0842. The highest BCUT2D eigenvalue weighted by atomic mass is 16.1. The average molecular weight is 182 g/mol. The summed E-state index contributed by atoms with van der Waals surface area (Å²) in [5.74, 6) is 0.838. The molecular weight excluding hydrogens is 164 g/mol. The van der Waals surface area contributed by atoms with E-state index in [-0.39, 0.29) is 5.91 Å². The number of carbonyl (C=O) groups excluding carboxylic acids is 1. The van der Waals surface area contributed by atoms with E-state index in [1.807, 2.05) is 0 Å². The van der Waals surface area contributed by atoms with Crippen LogP contribution in [0, 0.1) is 5.92 Å². The first-order chi connectivity index (χ1) is 6.33. The van der Waals surface area contributed by atoms with Crippen LogP contribution in [0.5, 0.6) is 0 Å². The molecule has 0 aliphatic carbocycles. The molecule has 1 atom stereocenters. The molecule has 1 aliphatic heterocycles. The maximum atomic E-state index is 11.0. The van der Waals surface area contributed by atoms with Crippen molar-refractivity contribution in [3.05, 3.63) is 12.7 Å². The van der Waals surface area contributed by atoms with E-state index in [1.54, 1.807) is 6.08 Å². The highest BCUT2D eigenvalue weighted by Crippen LogP contribution is 2.10. The van der Waals surface area contributed by atoms with Crippen LogP contribution in [0.3, 0.4) is 0 Å². The van der Waals surface area contributed by atoms with Gasteiger partial charge in [0.05, 0.1) is 0 Å². The Hall–Kier alpha value is -0.830. The van der Waals surface area contributed by atoms with Gasteiger partial charge < -0.3 is 10.6 Å². The molecule has 1 unspecified atom stereocenters. The Morgan fingerprint density at radius 2 is 2.54 bits per heavy atom. The minimum Gasteiger partial charge on any atom is -0.356 e. The molecule has 3 heteroatoms. The maximum Gasteiger partial charge on any atom is 0.223 e. The van der Waals surface area contributed by atoms with E-state index in [0.717, 1.165) is 32.0 Å². The molecule has 1 rings (SSSR count). The van der Waals surface area contributed by atoms with Crippen molar-refractivity contribution >= 4 is 5.91 Å². The molecule has 74 valence electrons. The first-order valence-electron chi connectivity index (χ1n) is 4.91. The van der Waals surface area contributed by atoms with Gasteiger partial charge in [0.1, 0.15) is 0 Å². The lowest BCUT2D eigenvalue weighted by Gasteiger charge is -2.08. The van der Waals surface area contributed by atoms with Gasteiger partial charge in [-0.15, -0.1) is 6.58 Å². The van der Waals surface area contributed by atoms with E-state index in [4.69, 9.17) is 0 Å². The smallest absolute Gasteiger partial charge is 0.223 e. The molecule has 0 spiro atoms. The van der Waals surface area contributed by atoms with Crippen LogP contribution in [-0.2, 0) is 4.79 Å². The number of carbonyl (C=O) groups is 1. The molecule has 0 saturated carbocycles. The fourth-order valence-corrected chi connectivity index (χ4v) is 1.58. The van der Waals surface area contributed by atoms with Crippen LogP contribution in [-0.4, -0.2) is 25.5 Å². The van der Waals surface area contributed by atoms with Crippen molar-refractivity contribution in [3.8, 4) is 0 Å². The van der Waals surface area contributed by atoms with Crippen molar-refractivity contribution in [2.75, 3.05) is 19.6 Å². The summed E-state index contributed by atoms with van der Waals surface area (Å²) in [7, 11) is 0. The summed E-state index contributed by atoms with van der Waals surface area (Å²) in [4.78, 5) is 11.0. The van der Waals surface area contributed by atoms with Gasteiger partial charge in [0, 0.05) is 13.0 Å². The topological polar surface area (TPSA) is 41.1 Å². The zero-order chi connectivity index (χ0) is 9.52. The van der Waals surface area contributed by atoms with Gasteiger partial charge >= 0.3 is 0 Å². The zero-order valence-electron chi connectivity index (χ0n) is 8.01. The molecule has 13 heavy (non-hydrogen) atoms. The molecule has 1 amide bonds. The maximum absolute atomic E-state index is 11.0. The Labute approximate surface area is 79.6 Å². The number of nitrogens with one attached hydrogen (secondary N) is 2. The summed E-state index contributed by atoms with van der Waals surface area (Å²) in [5.41, 5.74) is 0. The standard InChI is InChI=1S/C10H18N2O/c1-2-3-10(13)12-7-5-9-4-6-11-8-9/h2,9,11H,1,3-8H2,(H,12,13). The van der Waals surface area contributed by atoms with Crippen LogP contribution in [0.1, 0.15) is 19.3 Å². The molecule has 3 nitrogen and oxygen atoms in total. The lowest BCUT2D eigenvalue weighted by molar-refractivity contribution is -0.120. The van der Waals surface area contributed by atoms with Crippen LogP contribution >= 0.6 is 0 Å². The monoisotopic (exact) mass is 182 g/mol. The van der Waals surface area contributed by atoms with Crippen molar-refractivity contribution in [2.24, 2.45) is 5.92 Å². The second kappa shape index (κ2) is 5.75. The summed E-state index contributed by atoms with van der Waals surface area (Å²) in [5, 5.41) is 6.18. The molecule has 1 aliphatic rings. The van der Waals surface area contributed by atoms with E-state index in [2.05, 4.69) is 17.2 Å². The van der Waals surface area contributed by atoms with Gasteiger partial charge in [0.15, 0.2) is 0 Å². The average Bonchev–Trinajstić information content (AvgIpc) is 2.57. The van der Waals surface area contributed by atoms with Crippen LogP contribution in [0.25, 0.3) is 0 Å². The number of rotatable bonds is 5. The van der Waals surface area contributed by atoms with Crippen molar-refractivity contribution in [1.82, 2.24) is 10.6 Å². The van der Waals surface area contributed by atoms with Gasteiger partial charge in [0.2, 0.25) is 5.91 Å². The second-order valence-corrected chi connectivity index (χ2v) is 3.49. The van der Waals surface area contributed by atoms with Gasteiger partial charge in [-0.3, -0.25) is 4.79 Å².